The molecule has 0 aliphatic heterocycles. The van der Waals surface area contributed by atoms with Crippen molar-refractivity contribution < 1.29 is 44.6 Å². The van der Waals surface area contributed by atoms with Gasteiger partial charge in [-0.2, -0.15) is 35.1 Å². The Morgan fingerprint density at radius 2 is 0.900 bits per heavy atom. The first-order valence-corrected chi connectivity index (χ1v) is 4.85. The number of ether oxygens (including phenoxy) is 2. The molecule has 0 fully saturated rings. The molecule has 0 bridgehead atoms. The second kappa shape index (κ2) is 5.71. The van der Waals surface area contributed by atoms with E-state index >= 15 is 0 Å². The highest BCUT2D eigenvalue weighted by Crippen LogP contribution is 2.29. The van der Waals surface area contributed by atoms with Crippen LogP contribution in [0.15, 0.2) is 24.3 Å². The third-order valence-electron chi connectivity index (χ3n) is 1.82. The van der Waals surface area contributed by atoms with Crippen molar-refractivity contribution in [2.75, 3.05) is 0 Å². The van der Waals surface area contributed by atoms with Crippen LogP contribution in [0.4, 0.5) is 35.1 Å². The minimum Gasteiger partial charge on any atom is -0.452 e. The fourth-order valence-corrected chi connectivity index (χ4v) is 0.969. The molecule has 2 unspecified atom stereocenters. The van der Waals surface area contributed by atoms with Crippen LogP contribution in [-0.4, -0.2) is 25.1 Å². The van der Waals surface area contributed by atoms with Crippen molar-refractivity contribution in [3.05, 3.63) is 24.3 Å². The summed E-state index contributed by atoms with van der Waals surface area (Å²) >= 11 is 0. The Labute approximate surface area is 106 Å². The fourth-order valence-electron chi connectivity index (χ4n) is 0.969. The lowest BCUT2D eigenvalue weighted by Crippen LogP contribution is -2.30. The number of benzene rings is 1. The molecule has 1 aromatic rings. The average molecular weight is 310 g/mol. The third kappa shape index (κ3) is 4.74. The minimum atomic E-state index is -5.24. The molecule has 2 atom stereocenters. The van der Waals surface area contributed by atoms with E-state index in [1.54, 1.807) is 0 Å². The molecule has 0 aliphatic rings. The van der Waals surface area contributed by atoms with Gasteiger partial charge in [-0.05, 0) is 24.3 Å². The molecule has 114 valence electrons. The van der Waals surface area contributed by atoms with Gasteiger partial charge in [0, 0.05) is 0 Å². The highest BCUT2D eigenvalue weighted by atomic mass is 19.4. The van der Waals surface area contributed by atoms with Crippen LogP contribution in [-0.2, 0) is 0 Å². The Bertz CT molecular complexity index is 383. The lowest BCUT2D eigenvalue weighted by molar-refractivity contribution is -0.237. The summed E-state index contributed by atoms with van der Waals surface area (Å²) in [7, 11) is 0. The second-order valence-electron chi connectivity index (χ2n) is 3.42. The monoisotopic (exact) mass is 310 g/mol. The highest BCUT2D eigenvalue weighted by molar-refractivity contribution is 5.31. The van der Waals surface area contributed by atoms with E-state index in [-0.39, 0.29) is 0 Å². The standard InChI is InChI=1S/C10H6F8O2/c11-7(9(13,14)15)19-5-1-2-6(4-3-5)20-8(12)10(16,17)18/h1-4,7-8H. The van der Waals surface area contributed by atoms with Gasteiger partial charge in [-0.3, -0.25) is 0 Å². The van der Waals surface area contributed by atoms with E-state index < -0.39 is 36.6 Å². The molecular formula is C10H6F8O2. The molecule has 20 heavy (non-hydrogen) atoms. The van der Waals surface area contributed by atoms with Gasteiger partial charge in [-0.1, -0.05) is 0 Å². The van der Waals surface area contributed by atoms with Crippen molar-refractivity contribution in [3.8, 4) is 11.5 Å². The Morgan fingerprint density at radius 3 is 1.10 bits per heavy atom. The Hall–Kier alpha value is -1.74. The van der Waals surface area contributed by atoms with E-state index in [0.717, 1.165) is 0 Å². The summed E-state index contributed by atoms with van der Waals surface area (Å²) in [5, 5.41) is 0. The zero-order chi connectivity index (χ0) is 15.6. The van der Waals surface area contributed by atoms with Gasteiger partial charge in [0.1, 0.15) is 11.5 Å². The van der Waals surface area contributed by atoms with Crippen LogP contribution in [0.25, 0.3) is 0 Å². The first-order valence-electron chi connectivity index (χ1n) is 4.85. The number of rotatable bonds is 4. The van der Waals surface area contributed by atoms with Crippen LogP contribution >= 0.6 is 0 Å². The summed E-state index contributed by atoms with van der Waals surface area (Å²) in [5.74, 6) is -1.21. The Balaban J connectivity index is 2.66. The lowest BCUT2D eigenvalue weighted by atomic mass is 10.3. The van der Waals surface area contributed by atoms with Crippen LogP contribution in [0.5, 0.6) is 11.5 Å². The van der Waals surface area contributed by atoms with E-state index in [9.17, 15) is 35.1 Å². The number of halogens is 8. The van der Waals surface area contributed by atoms with Crippen molar-refractivity contribution in [3.63, 3.8) is 0 Å². The molecule has 2 nitrogen and oxygen atoms in total. The summed E-state index contributed by atoms with van der Waals surface area (Å²) < 4.78 is 104. The fraction of sp³-hybridized carbons (Fsp3) is 0.400. The molecule has 0 spiro atoms. The molecule has 0 radical (unpaired) electrons. The zero-order valence-corrected chi connectivity index (χ0v) is 9.30. The van der Waals surface area contributed by atoms with Gasteiger partial charge in [0.2, 0.25) is 0 Å². The summed E-state index contributed by atoms with van der Waals surface area (Å²) in [4.78, 5) is 0. The first-order chi connectivity index (χ1) is 9.00. The largest absolute Gasteiger partial charge is 0.457 e. The first kappa shape index (κ1) is 16.3. The minimum absolute atomic E-state index is 0.607. The van der Waals surface area contributed by atoms with Gasteiger partial charge < -0.3 is 9.47 Å². The van der Waals surface area contributed by atoms with Crippen molar-refractivity contribution in [1.82, 2.24) is 0 Å². The lowest BCUT2D eigenvalue weighted by Gasteiger charge is -2.16. The van der Waals surface area contributed by atoms with Crippen molar-refractivity contribution >= 4 is 0 Å². The van der Waals surface area contributed by atoms with Crippen LogP contribution < -0.4 is 9.47 Å². The average Bonchev–Trinajstić information content (AvgIpc) is 2.29. The maximum atomic E-state index is 12.5. The number of alkyl halides is 8. The molecule has 0 saturated carbocycles. The number of hydrogen-bond acceptors (Lipinski definition) is 2. The maximum Gasteiger partial charge on any atom is 0.457 e. The smallest absolute Gasteiger partial charge is 0.452 e. The molecule has 0 N–H and O–H groups in total. The molecule has 1 rings (SSSR count). The normalized spacial score (nSPS) is 15.6. The molecule has 0 amide bonds. The van der Waals surface area contributed by atoms with E-state index in [1.807, 2.05) is 0 Å². The van der Waals surface area contributed by atoms with Gasteiger partial charge >= 0.3 is 25.1 Å². The Morgan fingerprint density at radius 1 is 0.650 bits per heavy atom. The van der Waals surface area contributed by atoms with Crippen LogP contribution in [0.1, 0.15) is 0 Å². The van der Waals surface area contributed by atoms with Gasteiger partial charge in [0.05, 0.1) is 0 Å². The molecule has 1 aromatic carbocycles. The zero-order valence-electron chi connectivity index (χ0n) is 9.30. The third-order valence-corrected chi connectivity index (χ3v) is 1.82. The van der Waals surface area contributed by atoms with Gasteiger partial charge in [0.25, 0.3) is 0 Å². The van der Waals surface area contributed by atoms with Crippen LogP contribution in [0.3, 0.4) is 0 Å². The SMILES string of the molecule is FC(Oc1ccc(OC(F)C(F)(F)F)cc1)C(F)(F)F. The predicted molar refractivity (Wildman–Crippen MR) is 49.6 cm³/mol. The van der Waals surface area contributed by atoms with Crippen LogP contribution in [0, 0.1) is 0 Å². The van der Waals surface area contributed by atoms with Crippen molar-refractivity contribution in [1.29, 1.82) is 0 Å². The van der Waals surface area contributed by atoms with E-state index in [0.29, 0.717) is 24.3 Å². The maximum absolute atomic E-state index is 12.5. The van der Waals surface area contributed by atoms with Crippen LogP contribution in [0.2, 0.25) is 0 Å². The molecular weight excluding hydrogens is 304 g/mol. The van der Waals surface area contributed by atoms with E-state index in [1.165, 1.54) is 0 Å². The summed E-state index contributed by atoms with van der Waals surface area (Å²) in [6, 6.07) is 2.82. The second-order valence-corrected chi connectivity index (χ2v) is 3.42. The van der Waals surface area contributed by atoms with E-state index in [4.69, 9.17) is 0 Å². The van der Waals surface area contributed by atoms with E-state index in [2.05, 4.69) is 9.47 Å². The summed E-state index contributed by atoms with van der Waals surface area (Å²) in [5.41, 5.74) is 0. The molecule has 0 saturated heterocycles. The molecule has 10 heteroatoms. The van der Waals surface area contributed by atoms with Gasteiger partial charge in [-0.25, -0.2) is 0 Å². The quantitative estimate of drug-likeness (QED) is 0.778. The summed E-state index contributed by atoms with van der Waals surface area (Å²) in [6.45, 7) is 0. The highest BCUT2D eigenvalue weighted by Gasteiger charge is 2.43. The number of hydrogen-bond donors (Lipinski definition) is 0. The van der Waals surface area contributed by atoms with Gasteiger partial charge in [0.15, 0.2) is 0 Å². The topological polar surface area (TPSA) is 18.5 Å². The van der Waals surface area contributed by atoms with Crippen molar-refractivity contribution in [2.24, 2.45) is 0 Å². The Kier molecular flexibility index (Phi) is 4.66. The summed E-state index contributed by atoms with van der Waals surface area (Å²) in [6.07, 6.45) is -17.7. The van der Waals surface area contributed by atoms with Crippen molar-refractivity contribution in [2.45, 2.75) is 25.1 Å². The van der Waals surface area contributed by atoms with Gasteiger partial charge in [-0.15, -0.1) is 0 Å². The molecule has 0 heterocycles. The molecule has 0 aliphatic carbocycles. The predicted octanol–water partition coefficient (Wildman–Crippen LogP) is 4.16. The molecule has 0 aromatic heterocycles.